The van der Waals surface area contributed by atoms with E-state index in [9.17, 15) is 9.90 Å². The number of aromatic nitrogens is 2. The molecule has 28 heavy (non-hydrogen) atoms. The highest BCUT2D eigenvalue weighted by Gasteiger charge is 2.19. The number of aliphatic hydroxyl groups is 1. The van der Waals surface area contributed by atoms with Crippen molar-refractivity contribution in [2.45, 2.75) is 26.4 Å². The van der Waals surface area contributed by atoms with Gasteiger partial charge in [0, 0.05) is 35.2 Å². The van der Waals surface area contributed by atoms with Gasteiger partial charge in [-0.1, -0.05) is 24.3 Å². The first kappa shape index (κ1) is 18.1. The molecule has 0 aliphatic rings. The van der Waals surface area contributed by atoms with Gasteiger partial charge in [0.15, 0.2) is 11.4 Å². The lowest BCUT2D eigenvalue weighted by Crippen LogP contribution is -2.17. The van der Waals surface area contributed by atoms with Gasteiger partial charge in [0.05, 0.1) is 5.69 Å². The fourth-order valence-corrected chi connectivity index (χ4v) is 3.11. The normalized spacial score (nSPS) is 11.7. The quantitative estimate of drug-likeness (QED) is 0.511. The number of benzene rings is 1. The summed E-state index contributed by atoms with van der Waals surface area (Å²) >= 11 is 0. The molecular weight excluding hydrogens is 352 g/mol. The molecule has 1 aromatic carbocycles. The van der Waals surface area contributed by atoms with E-state index in [0.29, 0.717) is 22.6 Å². The summed E-state index contributed by atoms with van der Waals surface area (Å²) in [7, 11) is 0. The summed E-state index contributed by atoms with van der Waals surface area (Å²) in [4.78, 5) is 20.2. The Kier molecular flexibility index (Phi) is 4.32. The largest absolute Gasteiger partial charge is 0.454 e. The second-order valence-corrected chi connectivity index (χ2v) is 7.31. The average Bonchev–Trinajstić information content (AvgIpc) is 3.12. The highest BCUT2D eigenvalue weighted by molar-refractivity contribution is 5.95. The highest BCUT2D eigenvalue weighted by Crippen LogP contribution is 2.34. The molecule has 0 atom stereocenters. The minimum Gasteiger partial charge on any atom is -0.454 e. The second kappa shape index (κ2) is 6.69. The van der Waals surface area contributed by atoms with Crippen molar-refractivity contribution in [3.8, 4) is 22.5 Å². The third-order valence-electron chi connectivity index (χ3n) is 4.69. The number of hydrogen-bond acceptors (Lipinski definition) is 5. The van der Waals surface area contributed by atoms with Gasteiger partial charge in [-0.15, -0.1) is 0 Å². The number of nitrogens with zero attached hydrogens (tertiary/aromatic N) is 2. The number of Topliss-reactive ketones (excluding diaryl/α,β-unsaturated/α-hetero) is 1. The van der Waals surface area contributed by atoms with E-state index in [1.54, 1.807) is 45.3 Å². The zero-order valence-electron chi connectivity index (χ0n) is 15.9. The SMILES string of the molecule is CC(=O)c1ccc(-c2cc3nccc(-c4ccnc(C(C)(C)O)c4)c3o2)cc1. The van der Waals surface area contributed by atoms with Crippen LogP contribution in [0.1, 0.15) is 36.8 Å². The van der Waals surface area contributed by atoms with Crippen molar-refractivity contribution in [2.24, 2.45) is 0 Å². The van der Waals surface area contributed by atoms with E-state index in [2.05, 4.69) is 9.97 Å². The molecule has 0 saturated heterocycles. The molecule has 4 aromatic rings. The smallest absolute Gasteiger partial charge is 0.161 e. The number of pyridine rings is 2. The molecule has 0 fully saturated rings. The zero-order chi connectivity index (χ0) is 19.9. The van der Waals surface area contributed by atoms with E-state index in [1.807, 2.05) is 36.4 Å². The summed E-state index contributed by atoms with van der Waals surface area (Å²) in [6.45, 7) is 4.96. The molecule has 5 nitrogen and oxygen atoms in total. The van der Waals surface area contributed by atoms with Crippen molar-refractivity contribution in [3.05, 3.63) is 72.2 Å². The number of rotatable bonds is 4. The summed E-state index contributed by atoms with van der Waals surface area (Å²) in [6, 6.07) is 14.8. The molecule has 0 bridgehead atoms. The first-order valence-corrected chi connectivity index (χ1v) is 9.02. The Balaban J connectivity index is 1.81. The number of fused-ring (bicyclic) bond motifs is 1. The Labute approximate surface area is 162 Å². The number of hydrogen-bond donors (Lipinski definition) is 1. The van der Waals surface area contributed by atoms with Gasteiger partial charge in [0.2, 0.25) is 0 Å². The van der Waals surface area contributed by atoms with Crippen LogP contribution in [-0.2, 0) is 5.60 Å². The van der Waals surface area contributed by atoms with Gasteiger partial charge in [-0.05, 0) is 44.5 Å². The standard InChI is InChI=1S/C23H20N2O3/c1-14(26)15-4-6-16(7-5-15)20-13-19-22(28-20)18(9-11-24-19)17-8-10-25-21(12-17)23(2,3)27/h4-13,27H,1-3H3. The van der Waals surface area contributed by atoms with Gasteiger partial charge >= 0.3 is 0 Å². The van der Waals surface area contributed by atoms with Crippen molar-refractivity contribution in [3.63, 3.8) is 0 Å². The van der Waals surface area contributed by atoms with E-state index in [1.165, 1.54) is 0 Å². The number of furan rings is 1. The Hall–Kier alpha value is -3.31. The van der Waals surface area contributed by atoms with Gasteiger partial charge in [-0.25, -0.2) is 0 Å². The van der Waals surface area contributed by atoms with E-state index in [-0.39, 0.29) is 5.78 Å². The van der Waals surface area contributed by atoms with Crippen molar-refractivity contribution >= 4 is 16.9 Å². The lowest BCUT2D eigenvalue weighted by atomic mass is 10.00. The van der Waals surface area contributed by atoms with E-state index < -0.39 is 5.60 Å². The minimum atomic E-state index is -1.03. The van der Waals surface area contributed by atoms with Crippen LogP contribution < -0.4 is 0 Å². The fourth-order valence-electron chi connectivity index (χ4n) is 3.11. The predicted octanol–water partition coefficient (Wildman–Crippen LogP) is 4.99. The predicted molar refractivity (Wildman–Crippen MR) is 108 cm³/mol. The maximum atomic E-state index is 11.5. The first-order valence-electron chi connectivity index (χ1n) is 9.02. The molecule has 0 unspecified atom stereocenters. The van der Waals surface area contributed by atoms with Crippen LogP contribution in [0.15, 0.2) is 65.3 Å². The van der Waals surface area contributed by atoms with Crippen LogP contribution in [0.2, 0.25) is 0 Å². The van der Waals surface area contributed by atoms with Crippen LogP contribution in [-0.4, -0.2) is 20.9 Å². The van der Waals surface area contributed by atoms with Crippen LogP contribution in [0.5, 0.6) is 0 Å². The summed E-state index contributed by atoms with van der Waals surface area (Å²) in [5, 5.41) is 10.3. The van der Waals surface area contributed by atoms with Crippen LogP contribution in [0, 0.1) is 0 Å². The van der Waals surface area contributed by atoms with Crippen LogP contribution >= 0.6 is 0 Å². The summed E-state index contributed by atoms with van der Waals surface area (Å²) in [6.07, 6.45) is 3.42. The Morgan fingerprint density at radius 3 is 2.36 bits per heavy atom. The molecule has 3 heterocycles. The van der Waals surface area contributed by atoms with Gasteiger partial charge in [0.1, 0.15) is 16.9 Å². The zero-order valence-corrected chi connectivity index (χ0v) is 15.9. The van der Waals surface area contributed by atoms with Gasteiger partial charge in [0.25, 0.3) is 0 Å². The summed E-state index contributed by atoms with van der Waals surface area (Å²) < 4.78 is 6.14. The molecule has 0 radical (unpaired) electrons. The highest BCUT2D eigenvalue weighted by atomic mass is 16.3. The Bertz CT molecular complexity index is 1170. The van der Waals surface area contributed by atoms with Crippen LogP contribution in [0.25, 0.3) is 33.6 Å². The van der Waals surface area contributed by atoms with Crippen LogP contribution in [0.3, 0.4) is 0 Å². The summed E-state index contributed by atoms with van der Waals surface area (Å²) in [5.41, 5.74) is 4.27. The maximum absolute atomic E-state index is 11.5. The number of ketones is 1. The molecule has 0 spiro atoms. The number of carbonyl (C=O) groups is 1. The molecule has 0 aliphatic heterocycles. The lowest BCUT2D eigenvalue weighted by molar-refractivity contribution is 0.0739. The molecule has 140 valence electrons. The minimum absolute atomic E-state index is 0.0282. The van der Waals surface area contributed by atoms with E-state index >= 15 is 0 Å². The molecule has 0 aliphatic carbocycles. The van der Waals surface area contributed by atoms with E-state index in [4.69, 9.17) is 4.42 Å². The van der Waals surface area contributed by atoms with Gasteiger partial charge in [-0.2, -0.15) is 0 Å². The van der Waals surface area contributed by atoms with Crippen LogP contribution in [0.4, 0.5) is 0 Å². The molecular formula is C23H20N2O3. The maximum Gasteiger partial charge on any atom is 0.161 e. The van der Waals surface area contributed by atoms with Gasteiger partial charge < -0.3 is 9.52 Å². The molecule has 0 saturated carbocycles. The Morgan fingerprint density at radius 1 is 0.964 bits per heavy atom. The molecule has 5 heteroatoms. The number of carbonyl (C=O) groups excluding carboxylic acids is 1. The van der Waals surface area contributed by atoms with Gasteiger partial charge in [-0.3, -0.25) is 14.8 Å². The van der Waals surface area contributed by atoms with Crippen molar-refractivity contribution < 1.29 is 14.3 Å². The molecule has 3 aromatic heterocycles. The van der Waals surface area contributed by atoms with Crippen molar-refractivity contribution in [1.82, 2.24) is 9.97 Å². The summed E-state index contributed by atoms with van der Waals surface area (Å²) in [5.74, 6) is 0.710. The molecule has 0 amide bonds. The van der Waals surface area contributed by atoms with E-state index in [0.717, 1.165) is 22.2 Å². The molecule has 4 rings (SSSR count). The topological polar surface area (TPSA) is 76.2 Å². The third kappa shape index (κ3) is 3.32. The van der Waals surface area contributed by atoms with Crippen molar-refractivity contribution in [2.75, 3.05) is 0 Å². The Morgan fingerprint density at radius 2 is 1.68 bits per heavy atom. The second-order valence-electron chi connectivity index (χ2n) is 7.31. The first-order chi connectivity index (χ1) is 13.3. The van der Waals surface area contributed by atoms with Crippen molar-refractivity contribution in [1.29, 1.82) is 0 Å². The molecule has 1 N–H and O–H groups in total. The average molecular weight is 372 g/mol. The third-order valence-corrected chi connectivity index (χ3v) is 4.69. The lowest BCUT2D eigenvalue weighted by Gasteiger charge is -2.17. The fraction of sp³-hybridized carbons (Fsp3) is 0.174. The monoisotopic (exact) mass is 372 g/mol.